The minimum Gasteiger partial charge on any atom is -0.251 e. The number of nitrogens with zero attached hydrogens (tertiary/aromatic N) is 2. The zero-order valence-electron chi connectivity index (χ0n) is 18.9. The molecule has 0 spiro atoms. The van der Waals surface area contributed by atoms with Crippen LogP contribution in [0.3, 0.4) is 0 Å². The summed E-state index contributed by atoms with van der Waals surface area (Å²) in [4.78, 5) is 5.27. The van der Waals surface area contributed by atoms with Gasteiger partial charge in [-0.25, -0.2) is 0 Å². The fraction of sp³-hybridized carbons (Fsp3) is 0.0625. The summed E-state index contributed by atoms with van der Waals surface area (Å²) in [5, 5.41) is 9.42. The maximum absolute atomic E-state index is 9.42. The van der Waals surface area contributed by atoms with Crippen LogP contribution in [-0.2, 0) is 6.42 Å². The van der Waals surface area contributed by atoms with Gasteiger partial charge in [0.25, 0.3) is 0 Å². The number of nitriles is 1. The Balaban J connectivity index is 1.96. The summed E-state index contributed by atoms with van der Waals surface area (Å²) in [5.41, 5.74) is 9.69. The molecule has 1 aromatic heterocycles. The minimum atomic E-state index is 0.417. The van der Waals surface area contributed by atoms with Gasteiger partial charge in [0.05, 0.1) is 17.5 Å². The minimum absolute atomic E-state index is 0.417. The van der Waals surface area contributed by atoms with Crippen LogP contribution in [-0.4, -0.2) is 4.98 Å². The van der Waals surface area contributed by atoms with Crippen LogP contribution in [0.25, 0.3) is 44.6 Å². The molecule has 2 nitrogen and oxygen atoms in total. The van der Waals surface area contributed by atoms with Crippen molar-refractivity contribution in [2.45, 2.75) is 12.8 Å². The SMILES string of the molecule is N#CCCc1nc(-c2ccccc2)c(-c2ccccc2)c(-c2ccccc2)c1-c1ccccc1. The van der Waals surface area contributed by atoms with Gasteiger partial charge in [0.2, 0.25) is 0 Å². The lowest BCUT2D eigenvalue weighted by Crippen LogP contribution is -2.04. The molecule has 0 amide bonds. The largest absolute Gasteiger partial charge is 0.251 e. The lowest BCUT2D eigenvalue weighted by atomic mass is 9.84. The number of hydrogen-bond acceptors (Lipinski definition) is 2. The third-order valence-corrected chi connectivity index (χ3v) is 5.98. The highest BCUT2D eigenvalue weighted by Crippen LogP contribution is 2.46. The number of aromatic nitrogens is 1. The maximum Gasteiger partial charge on any atom is 0.0790 e. The average Bonchev–Trinajstić information content (AvgIpc) is 2.93. The van der Waals surface area contributed by atoms with Crippen LogP contribution >= 0.6 is 0 Å². The smallest absolute Gasteiger partial charge is 0.0790 e. The van der Waals surface area contributed by atoms with Gasteiger partial charge in [-0.05, 0) is 16.7 Å². The fourth-order valence-corrected chi connectivity index (χ4v) is 4.49. The van der Waals surface area contributed by atoms with Crippen LogP contribution in [0.5, 0.6) is 0 Å². The van der Waals surface area contributed by atoms with Gasteiger partial charge in [0.15, 0.2) is 0 Å². The number of hydrogen-bond donors (Lipinski definition) is 0. The zero-order chi connectivity index (χ0) is 23.2. The molecule has 0 saturated heterocycles. The Morgan fingerprint density at radius 1 is 0.500 bits per heavy atom. The van der Waals surface area contributed by atoms with Crippen molar-refractivity contribution in [2.75, 3.05) is 0 Å². The molecule has 0 aliphatic carbocycles. The van der Waals surface area contributed by atoms with Crippen LogP contribution in [0.2, 0.25) is 0 Å². The van der Waals surface area contributed by atoms with E-state index in [4.69, 9.17) is 4.98 Å². The van der Waals surface area contributed by atoms with Crippen molar-refractivity contribution in [3.05, 3.63) is 127 Å². The van der Waals surface area contributed by atoms with E-state index in [9.17, 15) is 5.26 Å². The summed E-state index contributed by atoms with van der Waals surface area (Å²) in [6, 6.07) is 44.1. The molecule has 2 heteroatoms. The first-order chi connectivity index (χ1) is 16.9. The van der Waals surface area contributed by atoms with E-state index in [1.807, 2.05) is 36.4 Å². The lowest BCUT2D eigenvalue weighted by Gasteiger charge is -2.23. The molecule has 0 aliphatic heterocycles. The van der Waals surface area contributed by atoms with Crippen LogP contribution in [0.1, 0.15) is 12.1 Å². The summed E-state index contributed by atoms with van der Waals surface area (Å²) in [6.07, 6.45) is 1.01. The second kappa shape index (κ2) is 9.98. The van der Waals surface area contributed by atoms with Crippen molar-refractivity contribution in [2.24, 2.45) is 0 Å². The third-order valence-electron chi connectivity index (χ3n) is 5.98. The highest BCUT2D eigenvalue weighted by atomic mass is 14.7. The Morgan fingerprint density at radius 3 is 1.38 bits per heavy atom. The van der Waals surface area contributed by atoms with Gasteiger partial charge in [-0.3, -0.25) is 4.98 Å². The standard InChI is InChI=1S/C32H24N2/c33-23-13-22-28-29(24-14-5-1-6-15-24)30(25-16-7-2-8-17-25)31(26-18-9-3-10-19-26)32(34-28)27-20-11-4-12-21-27/h1-12,14-21H,13,22H2. The van der Waals surface area contributed by atoms with Crippen molar-refractivity contribution in [1.29, 1.82) is 5.26 Å². The first-order valence-corrected chi connectivity index (χ1v) is 11.5. The topological polar surface area (TPSA) is 36.7 Å². The lowest BCUT2D eigenvalue weighted by molar-refractivity contribution is 0.958. The van der Waals surface area contributed by atoms with Crippen molar-refractivity contribution in [3.63, 3.8) is 0 Å². The highest BCUT2D eigenvalue weighted by molar-refractivity contribution is 6.01. The van der Waals surface area contributed by atoms with Gasteiger partial charge >= 0.3 is 0 Å². The maximum atomic E-state index is 9.42. The van der Waals surface area contributed by atoms with Gasteiger partial charge in [-0.1, -0.05) is 121 Å². The van der Waals surface area contributed by atoms with Crippen molar-refractivity contribution in [1.82, 2.24) is 4.98 Å². The number of rotatable bonds is 6. The molecule has 162 valence electrons. The normalized spacial score (nSPS) is 10.6. The fourth-order valence-electron chi connectivity index (χ4n) is 4.49. The summed E-state index contributed by atoms with van der Waals surface area (Å²) < 4.78 is 0. The van der Waals surface area contributed by atoms with Crippen LogP contribution in [0.15, 0.2) is 121 Å². The van der Waals surface area contributed by atoms with Gasteiger partial charge < -0.3 is 0 Å². The molecule has 4 aromatic carbocycles. The van der Waals surface area contributed by atoms with E-state index in [1.54, 1.807) is 0 Å². The Labute approximate surface area is 200 Å². The molecule has 5 aromatic rings. The summed E-state index contributed by atoms with van der Waals surface area (Å²) >= 11 is 0. The quantitative estimate of drug-likeness (QED) is 0.269. The molecule has 0 N–H and O–H groups in total. The molecule has 0 radical (unpaired) electrons. The molecule has 0 unspecified atom stereocenters. The predicted octanol–water partition coefficient (Wildman–Crippen LogP) is 8.21. The van der Waals surface area contributed by atoms with E-state index in [2.05, 4.69) is 91.0 Å². The molecule has 0 atom stereocenters. The van der Waals surface area contributed by atoms with E-state index in [1.165, 1.54) is 0 Å². The number of aryl methyl sites for hydroxylation is 1. The Kier molecular flexibility index (Phi) is 6.27. The van der Waals surface area contributed by atoms with Crippen molar-refractivity contribution in [3.8, 4) is 50.7 Å². The molecular weight excluding hydrogens is 412 g/mol. The van der Waals surface area contributed by atoms with Crippen molar-refractivity contribution >= 4 is 0 Å². The van der Waals surface area contributed by atoms with E-state index >= 15 is 0 Å². The summed E-state index contributed by atoms with van der Waals surface area (Å²) in [7, 11) is 0. The second-order valence-corrected chi connectivity index (χ2v) is 8.15. The van der Waals surface area contributed by atoms with Gasteiger partial charge in [0, 0.05) is 35.1 Å². The number of pyridine rings is 1. The first kappa shape index (κ1) is 21.4. The van der Waals surface area contributed by atoms with Crippen LogP contribution in [0.4, 0.5) is 0 Å². The van der Waals surface area contributed by atoms with Gasteiger partial charge in [0.1, 0.15) is 0 Å². The Hall–Kier alpha value is -4.48. The molecule has 0 fully saturated rings. The highest BCUT2D eigenvalue weighted by Gasteiger charge is 2.23. The predicted molar refractivity (Wildman–Crippen MR) is 140 cm³/mol. The van der Waals surface area contributed by atoms with Crippen molar-refractivity contribution < 1.29 is 0 Å². The molecule has 34 heavy (non-hydrogen) atoms. The second-order valence-electron chi connectivity index (χ2n) is 8.15. The molecule has 5 rings (SSSR count). The first-order valence-electron chi connectivity index (χ1n) is 11.5. The summed E-state index contributed by atoms with van der Waals surface area (Å²) in [5.74, 6) is 0. The van der Waals surface area contributed by atoms with E-state index in [0.717, 1.165) is 50.3 Å². The number of benzene rings is 4. The molecule has 0 bridgehead atoms. The summed E-state index contributed by atoms with van der Waals surface area (Å²) in [6.45, 7) is 0. The molecule has 0 saturated carbocycles. The van der Waals surface area contributed by atoms with Gasteiger partial charge in [-0.15, -0.1) is 0 Å². The Morgan fingerprint density at radius 2 is 0.912 bits per heavy atom. The zero-order valence-corrected chi connectivity index (χ0v) is 18.9. The van der Waals surface area contributed by atoms with E-state index in [-0.39, 0.29) is 0 Å². The third kappa shape index (κ3) is 4.25. The molecule has 1 heterocycles. The van der Waals surface area contributed by atoms with E-state index in [0.29, 0.717) is 12.8 Å². The Bertz CT molecular complexity index is 1420. The molecular formula is C32H24N2. The average molecular weight is 437 g/mol. The van der Waals surface area contributed by atoms with Gasteiger partial charge in [-0.2, -0.15) is 5.26 Å². The van der Waals surface area contributed by atoms with Crippen LogP contribution < -0.4 is 0 Å². The molecule has 0 aliphatic rings. The monoisotopic (exact) mass is 436 g/mol. The van der Waals surface area contributed by atoms with E-state index < -0.39 is 0 Å². The van der Waals surface area contributed by atoms with Crippen LogP contribution in [0, 0.1) is 11.3 Å².